The Morgan fingerprint density at radius 3 is 2.65 bits per heavy atom. The molecule has 0 aliphatic carbocycles. The Hall–Kier alpha value is -1.84. The van der Waals surface area contributed by atoms with E-state index in [0.717, 1.165) is 0 Å². The number of halogens is 1. The van der Waals surface area contributed by atoms with Crippen LogP contribution in [-0.2, 0) is 9.53 Å². The van der Waals surface area contributed by atoms with Gasteiger partial charge in [-0.05, 0) is 18.2 Å². The van der Waals surface area contributed by atoms with Gasteiger partial charge in [-0.3, -0.25) is 0 Å². The van der Waals surface area contributed by atoms with E-state index in [-0.39, 0.29) is 5.75 Å². The molecule has 23 heavy (non-hydrogen) atoms. The van der Waals surface area contributed by atoms with Crippen molar-refractivity contribution in [1.29, 1.82) is 0 Å². The fourth-order valence-electron chi connectivity index (χ4n) is 2.44. The number of aliphatic carboxylic acids is 1. The number of carbonyl (C=O) groups is 1. The molecule has 1 aliphatic rings. The topological polar surface area (TPSA) is 132 Å². The summed E-state index contributed by atoms with van der Waals surface area (Å²) in [6.07, 6.45) is -6.76. The highest BCUT2D eigenvalue weighted by Gasteiger charge is 2.48. The highest BCUT2D eigenvalue weighted by molar-refractivity contribution is 6.31. The summed E-state index contributed by atoms with van der Waals surface area (Å²) in [7, 11) is 0. The number of hydrogen-bond acceptors (Lipinski definition) is 6. The van der Waals surface area contributed by atoms with E-state index in [0.29, 0.717) is 15.9 Å². The van der Waals surface area contributed by atoms with Crippen molar-refractivity contribution in [2.75, 3.05) is 0 Å². The molecule has 1 aromatic carbocycles. The number of hydrogen-bond donors (Lipinski definition) is 5. The number of aromatic amines is 1. The van der Waals surface area contributed by atoms with Gasteiger partial charge in [-0.25, -0.2) is 4.79 Å². The van der Waals surface area contributed by atoms with Crippen LogP contribution in [0, 0.1) is 0 Å². The van der Waals surface area contributed by atoms with Crippen LogP contribution in [0.4, 0.5) is 0 Å². The number of aliphatic hydroxyl groups excluding tert-OH is 3. The molecule has 2 heterocycles. The lowest BCUT2D eigenvalue weighted by Crippen LogP contribution is -2.61. The predicted molar refractivity (Wildman–Crippen MR) is 78.3 cm³/mol. The lowest BCUT2D eigenvalue weighted by molar-refractivity contribution is -0.270. The van der Waals surface area contributed by atoms with Crippen molar-refractivity contribution < 1.29 is 34.7 Å². The van der Waals surface area contributed by atoms with Gasteiger partial charge in [0.2, 0.25) is 6.29 Å². The maximum Gasteiger partial charge on any atom is 0.335 e. The summed E-state index contributed by atoms with van der Waals surface area (Å²) >= 11 is 5.88. The SMILES string of the molecule is O=C(O)[C@H]1OC(Oc2c[nH]c3cc(Cl)ccc23)[C@H](O)[C@@H](O)[C@@H]1O. The highest BCUT2D eigenvalue weighted by Crippen LogP contribution is 2.31. The summed E-state index contributed by atoms with van der Waals surface area (Å²) < 4.78 is 10.5. The van der Waals surface area contributed by atoms with Crippen molar-refractivity contribution in [2.24, 2.45) is 0 Å². The maximum atomic E-state index is 11.1. The number of carboxylic acids is 1. The zero-order valence-corrected chi connectivity index (χ0v) is 12.3. The summed E-state index contributed by atoms with van der Waals surface area (Å²) in [6.45, 7) is 0. The van der Waals surface area contributed by atoms with Crippen LogP contribution in [-0.4, -0.2) is 62.1 Å². The van der Waals surface area contributed by atoms with Crippen LogP contribution in [0.5, 0.6) is 5.75 Å². The van der Waals surface area contributed by atoms with Crippen LogP contribution in [0.3, 0.4) is 0 Å². The number of benzene rings is 1. The molecule has 0 radical (unpaired) electrons. The van der Waals surface area contributed by atoms with Crippen molar-refractivity contribution in [3.63, 3.8) is 0 Å². The first kappa shape index (κ1) is 16.0. The number of aliphatic hydroxyl groups is 3. The number of H-pyrrole nitrogens is 1. The minimum Gasteiger partial charge on any atom is -0.479 e. The molecule has 124 valence electrons. The normalized spacial score (nSPS) is 31.2. The van der Waals surface area contributed by atoms with Crippen LogP contribution < -0.4 is 4.74 Å². The first-order valence-electron chi connectivity index (χ1n) is 6.74. The Kier molecular flexibility index (Phi) is 4.17. The molecule has 8 nitrogen and oxygen atoms in total. The van der Waals surface area contributed by atoms with Crippen molar-refractivity contribution >= 4 is 28.5 Å². The molecule has 1 aromatic heterocycles. The molecule has 0 bridgehead atoms. The van der Waals surface area contributed by atoms with E-state index in [1.54, 1.807) is 18.2 Å². The van der Waals surface area contributed by atoms with Crippen LogP contribution in [0.2, 0.25) is 5.02 Å². The summed E-state index contributed by atoms with van der Waals surface area (Å²) in [5.41, 5.74) is 0.674. The predicted octanol–water partition coefficient (Wildman–Crippen LogP) is 0.0923. The quantitative estimate of drug-likeness (QED) is 0.533. The lowest BCUT2D eigenvalue weighted by atomic mass is 9.99. The van der Waals surface area contributed by atoms with Gasteiger partial charge >= 0.3 is 5.97 Å². The average Bonchev–Trinajstić information content (AvgIpc) is 2.89. The summed E-state index contributed by atoms with van der Waals surface area (Å²) in [4.78, 5) is 14.0. The van der Waals surface area contributed by atoms with Gasteiger partial charge in [0.05, 0.1) is 5.52 Å². The van der Waals surface area contributed by atoms with E-state index in [1.807, 2.05) is 0 Å². The zero-order chi connectivity index (χ0) is 16.7. The van der Waals surface area contributed by atoms with Gasteiger partial charge in [-0.15, -0.1) is 0 Å². The fraction of sp³-hybridized carbons (Fsp3) is 0.357. The van der Waals surface area contributed by atoms with Gasteiger partial charge in [0.25, 0.3) is 0 Å². The third kappa shape index (κ3) is 2.87. The second-order valence-corrected chi connectivity index (χ2v) is 5.63. The number of fused-ring (bicyclic) bond motifs is 1. The van der Waals surface area contributed by atoms with E-state index in [2.05, 4.69) is 4.98 Å². The molecule has 1 aliphatic heterocycles. The molecule has 0 spiro atoms. The molecule has 5 atom stereocenters. The van der Waals surface area contributed by atoms with E-state index < -0.39 is 36.7 Å². The number of ether oxygens (including phenoxy) is 2. The van der Waals surface area contributed by atoms with Gasteiger partial charge in [0.1, 0.15) is 24.1 Å². The van der Waals surface area contributed by atoms with Gasteiger partial charge in [0, 0.05) is 16.6 Å². The van der Waals surface area contributed by atoms with E-state index in [9.17, 15) is 20.1 Å². The monoisotopic (exact) mass is 343 g/mol. The van der Waals surface area contributed by atoms with Gasteiger partial charge < -0.3 is 34.9 Å². The fourth-order valence-corrected chi connectivity index (χ4v) is 2.62. The smallest absolute Gasteiger partial charge is 0.335 e. The zero-order valence-electron chi connectivity index (χ0n) is 11.6. The minimum absolute atomic E-state index is 0.286. The Balaban J connectivity index is 1.86. The van der Waals surface area contributed by atoms with Crippen LogP contribution >= 0.6 is 11.6 Å². The molecule has 1 unspecified atom stereocenters. The standard InChI is InChI=1S/C14H14ClNO7/c15-5-1-2-6-7(3-5)16-4-8(6)22-14-11(19)9(17)10(18)12(23-14)13(20)21/h1-4,9-12,14,16-19H,(H,20,21)/t9-,10-,11+,12-,14?/m0/s1. The minimum atomic E-state index is -1.76. The summed E-state index contributed by atoms with van der Waals surface area (Å²) in [5, 5.41) is 39.5. The molecular formula is C14H14ClNO7. The van der Waals surface area contributed by atoms with Crippen molar-refractivity contribution in [3.05, 3.63) is 29.4 Å². The highest BCUT2D eigenvalue weighted by atomic mass is 35.5. The molecule has 0 amide bonds. The Morgan fingerprint density at radius 2 is 1.96 bits per heavy atom. The van der Waals surface area contributed by atoms with Crippen molar-refractivity contribution in [3.8, 4) is 5.75 Å². The summed E-state index contributed by atoms with van der Waals surface area (Å²) in [6, 6.07) is 4.99. The molecule has 5 N–H and O–H groups in total. The molecule has 3 rings (SSSR count). The van der Waals surface area contributed by atoms with Gasteiger partial charge in [-0.2, -0.15) is 0 Å². The van der Waals surface area contributed by atoms with E-state index in [1.165, 1.54) is 6.20 Å². The van der Waals surface area contributed by atoms with Crippen LogP contribution in [0.1, 0.15) is 0 Å². The first-order valence-corrected chi connectivity index (χ1v) is 7.12. The number of carboxylic acid groups (broad SMARTS) is 1. The Bertz CT molecular complexity index is 733. The van der Waals surface area contributed by atoms with E-state index >= 15 is 0 Å². The number of aromatic nitrogens is 1. The Morgan fingerprint density at radius 1 is 1.22 bits per heavy atom. The van der Waals surface area contributed by atoms with Gasteiger partial charge in [0.15, 0.2) is 6.10 Å². The van der Waals surface area contributed by atoms with Crippen LogP contribution in [0.25, 0.3) is 10.9 Å². The molecular weight excluding hydrogens is 330 g/mol. The molecule has 9 heteroatoms. The van der Waals surface area contributed by atoms with Crippen molar-refractivity contribution in [1.82, 2.24) is 4.98 Å². The van der Waals surface area contributed by atoms with E-state index in [4.69, 9.17) is 26.2 Å². The third-order valence-corrected chi connectivity index (χ3v) is 3.90. The molecule has 0 saturated carbocycles. The summed E-state index contributed by atoms with van der Waals surface area (Å²) in [5.74, 6) is -1.18. The third-order valence-electron chi connectivity index (χ3n) is 3.66. The second-order valence-electron chi connectivity index (χ2n) is 5.20. The van der Waals surface area contributed by atoms with Crippen molar-refractivity contribution in [2.45, 2.75) is 30.7 Å². The lowest BCUT2D eigenvalue weighted by Gasteiger charge is -2.38. The largest absolute Gasteiger partial charge is 0.479 e. The first-order chi connectivity index (χ1) is 10.9. The maximum absolute atomic E-state index is 11.1. The van der Waals surface area contributed by atoms with Gasteiger partial charge in [-0.1, -0.05) is 11.6 Å². The average molecular weight is 344 g/mol. The Labute approximate surface area is 134 Å². The molecule has 2 aromatic rings. The van der Waals surface area contributed by atoms with Crippen LogP contribution in [0.15, 0.2) is 24.4 Å². The molecule has 1 fully saturated rings. The number of nitrogens with one attached hydrogen (secondary N) is 1. The molecule has 1 saturated heterocycles. The second kappa shape index (κ2) is 5.99. The number of rotatable bonds is 3.